The molecule has 1 atom stereocenters. The summed E-state index contributed by atoms with van der Waals surface area (Å²) in [6.45, 7) is 0. The molecule has 2 N–H and O–H groups in total. The van der Waals surface area contributed by atoms with E-state index in [1.807, 2.05) is 29.5 Å². The van der Waals surface area contributed by atoms with Crippen LogP contribution in [0.4, 0.5) is 0 Å². The molecule has 0 spiro atoms. The van der Waals surface area contributed by atoms with E-state index in [1.54, 1.807) is 0 Å². The van der Waals surface area contributed by atoms with E-state index < -0.39 is 0 Å². The second-order valence-electron chi connectivity index (χ2n) is 5.67. The van der Waals surface area contributed by atoms with Crippen molar-refractivity contribution in [3.8, 4) is 0 Å². The van der Waals surface area contributed by atoms with Gasteiger partial charge in [0.15, 0.2) is 0 Å². The van der Waals surface area contributed by atoms with Crippen LogP contribution in [0.3, 0.4) is 0 Å². The van der Waals surface area contributed by atoms with Crippen LogP contribution < -0.4 is 5.73 Å². The zero-order chi connectivity index (χ0) is 14.8. The summed E-state index contributed by atoms with van der Waals surface area (Å²) in [7, 11) is 0. The summed E-state index contributed by atoms with van der Waals surface area (Å²) in [4.78, 5) is 2.79. The van der Waals surface area contributed by atoms with Gasteiger partial charge in [-0.1, -0.05) is 35.7 Å². The molecule has 0 amide bonds. The summed E-state index contributed by atoms with van der Waals surface area (Å²) < 4.78 is 0. The van der Waals surface area contributed by atoms with Gasteiger partial charge >= 0.3 is 0 Å². The van der Waals surface area contributed by atoms with Crippen molar-refractivity contribution in [1.29, 1.82) is 0 Å². The highest BCUT2D eigenvalue weighted by atomic mass is 35.5. The number of aryl methyl sites for hydroxylation is 2. The zero-order valence-electron chi connectivity index (χ0n) is 11.9. The number of fused-ring (bicyclic) bond motifs is 1. The van der Waals surface area contributed by atoms with Crippen LogP contribution in [-0.2, 0) is 19.3 Å². The largest absolute Gasteiger partial charge is 0.323 e. The molecule has 0 bridgehead atoms. The summed E-state index contributed by atoms with van der Waals surface area (Å²) >= 11 is 14.4. The van der Waals surface area contributed by atoms with Crippen LogP contribution in [0.25, 0.3) is 0 Å². The summed E-state index contributed by atoms with van der Waals surface area (Å²) in [5.41, 5.74) is 8.87. The normalized spacial score (nSPS) is 16.3. The lowest BCUT2D eigenvalue weighted by atomic mass is 10.0. The average Bonchev–Trinajstić information content (AvgIpc) is 2.74. The SMILES string of the molecule is NC(Cc1c(Cl)cccc1Cl)c1cc2c(s1)CCCCC2. The smallest absolute Gasteiger partial charge is 0.0453 e. The molecule has 3 rings (SSSR count). The van der Waals surface area contributed by atoms with E-state index in [4.69, 9.17) is 28.9 Å². The third-order valence-electron chi connectivity index (χ3n) is 4.12. The fourth-order valence-electron chi connectivity index (χ4n) is 2.92. The molecule has 1 heterocycles. The van der Waals surface area contributed by atoms with Crippen LogP contribution >= 0.6 is 34.5 Å². The van der Waals surface area contributed by atoms with E-state index in [0.717, 1.165) is 5.56 Å². The Bertz CT molecular complexity index is 592. The number of nitrogens with two attached hydrogens (primary N) is 1. The molecule has 1 nitrogen and oxygen atoms in total. The Morgan fingerprint density at radius 1 is 1.10 bits per heavy atom. The van der Waals surface area contributed by atoms with E-state index in [2.05, 4.69) is 6.07 Å². The molecule has 0 saturated carbocycles. The first-order chi connectivity index (χ1) is 10.1. The van der Waals surface area contributed by atoms with Crippen molar-refractivity contribution in [2.75, 3.05) is 0 Å². The maximum atomic E-state index is 6.41. The number of hydrogen-bond donors (Lipinski definition) is 1. The molecule has 0 aliphatic heterocycles. The van der Waals surface area contributed by atoms with Crippen molar-refractivity contribution in [2.45, 2.75) is 44.6 Å². The lowest BCUT2D eigenvalue weighted by molar-refractivity contribution is 0.709. The zero-order valence-corrected chi connectivity index (χ0v) is 14.2. The highest BCUT2D eigenvalue weighted by molar-refractivity contribution is 7.12. The quantitative estimate of drug-likeness (QED) is 0.727. The Labute approximate surface area is 140 Å². The van der Waals surface area contributed by atoms with Crippen molar-refractivity contribution in [2.24, 2.45) is 5.73 Å². The van der Waals surface area contributed by atoms with Crippen molar-refractivity contribution in [1.82, 2.24) is 0 Å². The molecule has 1 unspecified atom stereocenters. The molecule has 4 heteroatoms. The minimum Gasteiger partial charge on any atom is -0.323 e. The highest BCUT2D eigenvalue weighted by Gasteiger charge is 2.18. The number of benzene rings is 1. The van der Waals surface area contributed by atoms with Crippen molar-refractivity contribution < 1.29 is 0 Å². The third-order valence-corrected chi connectivity index (χ3v) is 6.19. The molecule has 1 aromatic heterocycles. The van der Waals surface area contributed by atoms with Gasteiger partial charge in [0.05, 0.1) is 0 Å². The average molecular weight is 340 g/mol. The van der Waals surface area contributed by atoms with Crippen LogP contribution in [0.15, 0.2) is 24.3 Å². The molecule has 0 saturated heterocycles. The van der Waals surface area contributed by atoms with Gasteiger partial charge in [-0.2, -0.15) is 0 Å². The van der Waals surface area contributed by atoms with Crippen molar-refractivity contribution >= 4 is 34.5 Å². The van der Waals surface area contributed by atoms with Crippen LogP contribution in [0.2, 0.25) is 10.0 Å². The molecule has 21 heavy (non-hydrogen) atoms. The fourth-order valence-corrected chi connectivity index (χ4v) is 4.73. The van der Waals surface area contributed by atoms with Crippen molar-refractivity contribution in [3.05, 3.63) is 55.2 Å². The second kappa shape index (κ2) is 6.70. The van der Waals surface area contributed by atoms with Gasteiger partial charge < -0.3 is 5.73 Å². The van der Waals surface area contributed by atoms with Crippen LogP contribution in [0.5, 0.6) is 0 Å². The molecular formula is C17H19Cl2NS. The van der Waals surface area contributed by atoms with E-state index in [9.17, 15) is 0 Å². The third kappa shape index (κ3) is 3.45. The lowest BCUT2D eigenvalue weighted by Gasteiger charge is -2.12. The van der Waals surface area contributed by atoms with Gasteiger partial charge in [-0.15, -0.1) is 11.3 Å². The first-order valence-corrected chi connectivity index (χ1v) is 9.02. The summed E-state index contributed by atoms with van der Waals surface area (Å²) in [5, 5.41) is 1.41. The topological polar surface area (TPSA) is 26.0 Å². The Balaban J connectivity index is 1.81. The van der Waals surface area contributed by atoms with Gasteiger partial charge in [0.2, 0.25) is 0 Å². The maximum absolute atomic E-state index is 6.41. The molecule has 1 aliphatic rings. The standard InChI is InChI=1S/C17H19Cl2NS/c18-13-6-4-7-14(19)12(13)10-15(20)17-9-11-5-2-1-3-8-16(11)21-17/h4,6-7,9,15H,1-3,5,8,10,20H2. The molecule has 112 valence electrons. The Morgan fingerprint density at radius 3 is 2.57 bits per heavy atom. The van der Waals surface area contributed by atoms with E-state index in [1.165, 1.54) is 47.4 Å². The van der Waals surface area contributed by atoms with E-state index >= 15 is 0 Å². The van der Waals surface area contributed by atoms with Gasteiger partial charge in [0.1, 0.15) is 0 Å². The second-order valence-corrected chi connectivity index (χ2v) is 7.65. The molecule has 0 fully saturated rings. The minimum atomic E-state index is -0.0284. The molecule has 0 radical (unpaired) electrons. The first kappa shape index (κ1) is 15.4. The number of rotatable bonds is 3. The summed E-state index contributed by atoms with van der Waals surface area (Å²) in [5.74, 6) is 0. The molecule has 1 aliphatic carbocycles. The van der Waals surface area contributed by atoms with Crippen LogP contribution in [0, 0.1) is 0 Å². The monoisotopic (exact) mass is 339 g/mol. The predicted octanol–water partition coefficient (Wildman–Crippen LogP) is 5.57. The number of hydrogen-bond acceptors (Lipinski definition) is 2. The summed E-state index contributed by atoms with van der Waals surface area (Å²) in [6.07, 6.45) is 7.05. The molecular weight excluding hydrogens is 321 g/mol. The van der Waals surface area contributed by atoms with Crippen LogP contribution in [0.1, 0.15) is 46.2 Å². The highest BCUT2D eigenvalue weighted by Crippen LogP contribution is 2.34. The maximum Gasteiger partial charge on any atom is 0.0453 e. The van der Waals surface area contributed by atoms with Crippen molar-refractivity contribution in [3.63, 3.8) is 0 Å². The number of thiophene rings is 1. The van der Waals surface area contributed by atoms with Gasteiger partial charge in [-0.3, -0.25) is 0 Å². The minimum absolute atomic E-state index is 0.0284. The predicted molar refractivity (Wildman–Crippen MR) is 92.7 cm³/mol. The summed E-state index contributed by atoms with van der Waals surface area (Å²) in [6, 6.07) is 7.89. The van der Waals surface area contributed by atoms with Gasteiger partial charge in [0.25, 0.3) is 0 Å². The van der Waals surface area contributed by atoms with Gasteiger partial charge in [-0.25, -0.2) is 0 Å². The lowest BCUT2D eigenvalue weighted by Crippen LogP contribution is -2.12. The Kier molecular flexibility index (Phi) is 4.90. The van der Waals surface area contributed by atoms with Gasteiger partial charge in [-0.05, 0) is 61.4 Å². The molecule has 2 aromatic rings. The Morgan fingerprint density at radius 2 is 1.81 bits per heavy atom. The first-order valence-electron chi connectivity index (χ1n) is 7.45. The van der Waals surface area contributed by atoms with E-state index in [-0.39, 0.29) is 6.04 Å². The Hall–Kier alpha value is -0.540. The molecule has 1 aromatic carbocycles. The van der Waals surface area contributed by atoms with Crippen LogP contribution in [-0.4, -0.2) is 0 Å². The fraction of sp³-hybridized carbons (Fsp3) is 0.412. The van der Waals surface area contributed by atoms with Gasteiger partial charge in [0, 0.05) is 25.8 Å². The van der Waals surface area contributed by atoms with E-state index in [0.29, 0.717) is 16.5 Å². The number of halogens is 2.